The monoisotopic (exact) mass is 510 g/mol. The van der Waals surface area contributed by atoms with E-state index in [1.165, 1.54) is 12.1 Å². The molecule has 4 rings (SSSR count). The van der Waals surface area contributed by atoms with Gasteiger partial charge in [-0.2, -0.15) is 18.2 Å². The van der Waals surface area contributed by atoms with Gasteiger partial charge < -0.3 is 16.0 Å². The summed E-state index contributed by atoms with van der Waals surface area (Å²) in [5, 5.41) is 7.94. The molecule has 0 fully saturated rings. The maximum absolute atomic E-state index is 13.7. The number of fused-ring (bicyclic) bond motifs is 1. The number of halogens is 3. The number of anilines is 5. The minimum Gasteiger partial charge on any atom is -0.365 e. The molecule has 1 aromatic carbocycles. The first-order valence-corrected chi connectivity index (χ1v) is 11.8. The average Bonchev–Trinajstić information content (AvgIpc) is 3.15. The van der Waals surface area contributed by atoms with Gasteiger partial charge in [0.15, 0.2) is 0 Å². The molecule has 0 radical (unpaired) electrons. The summed E-state index contributed by atoms with van der Waals surface area (Å²) in [5.41, 5.74) is 0.519. The van der Waals surface area contributed by atoms with E-state index in [-0.39, 0.29) is 28.1 Å². The fraction of sp³-hybridized carbons (Fsp3) is 0.238. The number of pyridine rings is 1. The fourth-order valence-corrected chi connectivity index (χ4v) is 3.77. The summed E-state index contributed by atoms with van der Waals surface area (Å²) < 4.78 is 88.4. The smallest absolute Gasteiger partial charge is 0.365 e. The number of sulfonamides is 1. The molecular formula is C21H20F3N7O3S. The number of carbonyl (C=O) groups is 1. The van der Waals surface area contributed by atoms with Gasteiger partial charge in [-0.25, -0.2) is 18.4 Å². The minimum atomic E-state index is -4.84. The van der Waals surface area contributed by atoms with Crippen molar-refractivity contribution in [3.63, 3.8) is 0 Å². The predicted molar refractivity (Wildman–Crippen MR) is 124 cm³/mol. The lowest BCUT2D eigenvalue weighted by Gasteiger charge is -2.20. The van der Waals surface area contributed by atoms with Crippen molar-refractivity contribution >= 4 is 44.9 Å². The van der Waals surface area contributed by atoms with Crippen molar-refractivity contribution in [3.05, 3.63) is 59.4 Å². The summed E-state index contributed by atoms with van der Waals surface area (Å²) in [6, 6.07) is 7.59. The Balaban J connectivity index is 1.65. The second kappa shape index (κ2) is 9.02. The number of nitrogens with one attached hydrogen (secondary N) is 3. The average molecular weight is 511 g/mol. The lowest BCUT2D eigenvalue weighted by Crippen LogP contribution is -2.27. The topological polar surface area (TPSA) is 129 Å². The molecule has 14 heteroatoms. The van der Waals surface area contributed by atoms with Crippen molar-refractivity contribution in [3.8, 4) is 0 Å². The van der Waals surface area contributed by atoms with Crippen molar-refractivity contribution in [1.82, 2.24) is 15.0 Å². The Morgan fingerprint density at radius 3 is 2.77 bits per heavy atom. The highest BCUT2D eigenvalue weighted by molar-refractivity contribution is 7.92. The number of hydrogen-bond donors (Lipinski definition) is 3. The van der Waals surface area contributed by atoms with E-state index >= 15 is 0 Å². The number of nitrogens with zero attached hydrogens (tertiary/aromatic N) is 4. The minimum absolute atomic E-state index is 0.00957. The first-order valence-electron chi connectivity index (χ1n) is 11.4. The number of amides is 1. The van der Waals surface area contributed by atoms with Crippen LogP contribution in [-0.4, -0.2) is 42.5 Å². The van der Waals surface area contributed by atoms with Crippen LogP contribution in [0.4, 0.5) is 42.1 Å². The Labute approximate surface area is 202 Å². The van der Waals surface area contributed by atoms with Gasteiger partial charge in [-0.1, -0.05) is 12.1 Å². The number of carbonyl (C=O) groups excluding carboxylic acids is 1. The molecule has 3 aromatic rings. The molecule has 0 saturated carbocycles. The van der Waals surface area contributed by atoms with Crippen LogP contribution in [0.3, 0.4) is 0 Å². The Morgan fingerprint density at radius 1 is 1.26 bits per heavy atom. The zero-order valence-electron chi connectivity index (χ0n) is 21.0. The zero-order chi connectivity index (χ0) is 27.9. The quantitative estimate of drug-likeness (QED) is 0.442. The van der Waals surface area contributed by atoms with Gasteiger partial charge in [0.05, 0.1) is 12.7 Å². The van der Waals surface area contributed by atoms with Crippen LogP contribution in [-0.2, 0) is 34.0 Å². The van der Waals surface area contributed by atoms with E-state index in [0.29, 0.717) is 23.8 Å². The third kappa shape index (κ3) is 5.42. The SMILES string of the molecule is [2H]C([2H])([2H])N(c1ncccc1CNc1nc(Nc2ccc3c(c2)NC(=O)C3)ncc1C(F)(F)F)S(C)(=O)=O. The first-order chi connectivity index (χ1) is 17.6. The van der Waals surface area contributed by atoms with E-state index in [1.807, 2.05) is 0 Å². The van der Waals surface area contributed by atoms with Crippen LogP contribution < -0.4 is 20.3 Å². The molecule has 0 atom stereocenters. The second-order valence-corrected chi connectivity index (χ2v) is 9.37. The number of alkyl halides is 3. The van der Waals surface area contributed by atoms with Crippen molar-refractivity contribution in [2.75, 3.05) is 33.5 Å². The lowest BCUT2D eigenvalue weighted by molar-refractivity contribution is -0.137. The van der Waals surface area contributed by atoms with Crippen LogP contribution >= 0.6 is 0 Å². The van der Waals surface area contributed by atoms with Crippen LogP contribution in [0.25, 0.3) is 0 Å². The van der Waals surface area contributed by atoms with Crippen molar-refractivity contribution in [2.24, 2.45) is 0 Å². The predicted octanol–water partition coefficient (Wildman–Crippen LogP) is 3.14. The number of aromatic nitrogens is 3. The maximum Gasteiger partial charge on any atom is 0.421 e. The highest BCUT2D eigenvalue weighted by Gasteiger charge is 2.35. The normalized spacial score (nSPS) is 14.9. The van der Waals surface area contributed by atoms with Gasteiger partial charge in [-0.05, 0) is 23.8 Å². The molecule has 0 aliphatic carbocycles. The van der Waals surface area contributed by atoms with Crippen LogP contribution in [0, 0.1) is 0 Å². The molecular weight excluding hydrogens is 487 g/mol. The summed E-state index contributed by atoms with van der Waals surface area (Å²) in [6.45, 7) is -3.58. The molecule has 3 heterocycles. The molecule has 0 saturated heterocycles. The van der Waals surface area contributed by atoms with E-state index < -0.39 is 46.9 Å². The van der Waals surface area contributed by atoms with Gasteiger partial charge in [-0.15, -0.1) is 0 Å². The van der Waals surface area contributed by atoms with Crippen LogP contribution in [0.1, 0.15) is 20.8 Å². The van der Waals surface area contributed by atoms with Crippen LogP contribution in [0.2, 0.25) is 0 Å². The number of rotatable bonds is 7. The Bertz CT molecular complexity index is 1500. The van der Waals surface area contributed by atoms with Gasteiger partial charge in [0, 0.05) is 47.0 Å². The number of hydrogen-bond acceptors (Lipinski definition) is 8. The van der Waals surface area contributed by atoms with Gasteiger partial charge in [-0.3, -0.25) is 9.10 Å². The second-order valence-electron chi connectivity index (χ2n) is 7.54. The van der Waals surface area contributed by atoms with Crippen molar-refractivity contribution in [2.45, 2.75) is 19.1 Å². The molecule has 3 N–H and O–H groups in total. The highest BCUT2D eigenvalue weighted by atomic mass is 32.2. The third-order valence-corrected chi connectivity index (χ3v) is 5.76. The Morgan fingerprint density at radius 2 is 2.06 bits per heavy atom. The molecule has 0 bridgehead atoms. The summed E-state index contributed by atoms with van der Waals surface area (Å²) >= 11 is 0. The molecule has 0 spiro atoms. The number of benzene rings is 1. The first kappa shape index (κ1) is 20.4. The van der Waals surface area contributed by atoms with Gasteiger partial charge in [0.25, 0.3) is 0 Å². The van der Waals surface area contributed by atoms with Gasteiger partial charge >= 0.3 is 6.18 Å². The van der Waals surface area contributed by atoms with E-state index in [0.717, 1.165) is 11.8 Å². The van der Waals surface area contributed by atoms with E-state index in [9.17, 15) is 26.4 Å². The fourth-order valence-electron chi connectivity index (χ4n) is 3.29. The molecule has 2 aromatic heterocycles. The molecule has 35 heavy (non-hydrogen) atoms. The molecule has 1 aliphatic heterocycles. The van der Waals surface area contributed by atoms with Crippen LogP contribution in [0.15, 0.2) is 42.7 Å². The van der Waals surface area contributed by atoms with Crippen LogP contribution in [0.5, 0.6) is 0 Å². The molecule has 0 unspecified atom stereocenters. The Hall–Kier alpha value is -3.94. The Kier molecular flexibility index (Phi) is 5.26. The maximum atomic E-state index is 13.7. The molecule has 10 nitrogen and oxygen atoms in total. The zero-order valence-corrected chi connectivity index (χ0v) is 18.8. The van der Waals surface area contributed by atoms with Gasteiger partial charge in [0.2, 0.25) is 21.9 Å². The molecule has 1 aliphatic rings. The van der Waals surface area contributed by atoms with E-state index in [1.54, 1.807) is 18.2 Å². The lowest BCUT2D eigenvalue weighted by atomic mass is 10.1. The standard InChI is InChI=1S/C21H20F3N7O3S/c1-31(35(2,33)34)19-13(4-3-7-25-19)10-26-18-15(21(22,23)24)11-27-20(30-18)28-14-6-5-12-8-17(32)29-16(12)9-14/h3-7,9,11H,8,10H2,1-2H3,(H,29,32)(H2,26,27,28,30)/i1D3. The third-order valence-electron chi connectivity index (χ3n) is 4.92. The summed E-state index contributed by atoms with van der Waals surface area (Å²) in [6.07, 6.45) is -2.21. The summed E-state index contributed by atoms with van der Waals surface area (Å²) in [4.78, 5) is 23.1. The molecule has 1 amide bonds. The summed E-state index contributed by atoms with van der Waals surface area (Å²) in [7, 11) is -4.32. The molecule has 184 valence electrons. The largest absolute Gasteiger partial charge is 0.421 e. The highest BCUT2D eigenvalue weighted by Crippen LogP contribution is 2.35. The van der Waals surface area contributed by atoms with Crippen molar-refractivity contribution in [1.29, 1.82) is 0 Å². The van der Waals surface area contributed by atoms with E-state index in [4.69, 9.17) is 4.11 Å². The van der Waals surface area contributed by atoms with E-state index in [2.05, 4.69) is 30.9 Å². The van der Waals surface area contributed by atoms with Crippen molar-refractivity contribution < 1.29 is 30.5 Å². The summed E-state index contributed by atoms with van der Waals surface area (Å²) in [5.74, 6) is -1.49. The van der Waals surface area contributed by atoms with Gasteiger partial charge in [0.1, 0.15) is 17.2 Å².